The normalized spacial score (nSPS) is 13.9. The van der Waals surface area contributed by atoms with Crippen LogP contribution < -0.4 is 20.4 Å². The van der Waals surface area contributed by atoms with E-state index < -0.39 is 20.2 Å². The van der Waals surface area contributed by atoms with Gasteiger partial charge in [-0.3, -0.25) is 0 Å². The van der Waals surface area contributed by atoms with Gasteiger partial charge in [-0.05, 0) is 6.42 Å². The van der Waals surface area contributed by atoms with Gasteiger partial charge in [0.1, 0.15) is 11.8 Å². The van der Waals surface area contributed by atoms with Gasteiger partial charge in [0, 0.05) is 6.54 Å². The summed E-state index contributed by atoms with van der Waals surface area (Å²) in [5.74, 6) is 0.243. The van der Waals surface area contributed by atoms with Crippen LogP contribution in [0.25, 0.3) is 11.2 Å². The minimum absolute atomic E-state index is 0.101. The number of fused-ring (bicyclic) bond motifs is 1. The first-order chi connectivity index (χ1) is 8.87. The van der Waals surface area contributed by atoms with Crippen LogP contribution in [0.3, 0.4) is 0 Å². The largest absolute Gasteiger partial charge is 0.688 e. The Balaban J connectivity index is 2.04. The number of anilines is 1. The van der Waals surface area contributed by atoms with Crippen molar-refractivity contribution in [2.45, 2.75) is 19.1 Å². The molecule has 0 radical (unpaired) electrons. The van der Waals surface area contributed by atoms with E-state index in [-0.39, 0.29) is 18.8 Å². The molecule has 104 valence electrons. The van der Waals surface area contributed by atoms with Crippen molar-refractivity contribution >= 4 is 24.9 Å². The van der Waals surface area contributed by atoms with E-state index in [1.165, 1.54) is 12.7 Å². The van der Waals surface area contributed by atoms with Crippen molar-refractivity contribution in [3.63, 3.8) is 0 Å². The molecule has 0 fully saturated rings. The van der Waals surface area contributed by atoms with Crippen LogP contribution in [-0.2, 0) is 6.54 Å². The summed E-state index contributed by atoms with van der Waals surface area (Å²) in [4.78, 5) is 43.4. The summed E-state index contributed by atoms with van der Waals surface area (Å²) >= 11 is 0. The molecule has 0 bridgehead atoms. The Bertz CT molecular complexity index is 569. The molecule has 9 nitrogen and oxygen atoms in total. The number of aliphatic hydroxyl groups excluding tert-OH is 1. The minimum atomic E-state index is -4.70. The van der Waals surface area contributed by atoms with Gasteiger partial charge in [-0.2, -0.15) is 7.94 Å². The summed E-state index contributed by atoms with van der Waals surface area (Å²) in [5.41, 5.74) is 6.55. The first kappa shape index (κ1) is 14.0. The highest BCUT2D eigenvalue weighted by Crippen LogP contribution is 2.29. The van der Waals surface area contributed by atoms with Crippen LogP contribution in [-0.4, -0.2) is 36.9 Å². The highest BCUT2D eigenvalue weighted by molar-refractivity contribution is 7.54. The van der Waals surface area contributed by atoms with Gasteiger partial charge < -0.3 is 30.1 Å². The molecule has 0 amide bonds. The number of nitrogen functional groups attached to an aromatic ring is 1. The van der Waals surface area contributed by atoms with Crippen LogP contribution in [0.1, 0.15) is 6.42 Å². The number of rotatable bonds is 5. The summed E-state index contributed by atoms with van der Waals surface area (Å²) in [6.07, 6.45) is 0.865. The Morgan fingerprint density at radius 1 is 1.32 bits per heavy atom. The van der Waals surface area contributed by atoms with Gasteiger partial charge in [0.2, 0.25) is 0 Å². The lowest BCUT2D eigenvalue weighted by molar-refractivity contribution is -0.428. The zero-order valence-electron chi connectivity index (χ0n) is 9.84. The maximum Gasteiger partial charge on any atom is 0.165 e. The molecule has 2 heterocycles. The molecule has 19 heavy (non-hydrogen) atoms. The molecule has 3 N–H and O–H groups in total. The summed E-state index contributed by atoms with van der Waals surface area (Å²) < 4.78 is 1.61. The second-order valence-corrected chi connectivity index (χ2v) is 5.69. The van der Waals surface area contributed by atoms with Crippen LogP contribution in [0.4, 0.5) is 5.82 Å². The van der Waals surface area contributed by atoms with E-state index in [0.717, 1.165) is 0 Å². The number of aryl methyl sites for hydroxylation is 1. The molecule has 10 heteroatoms. The number of imidazole rings is 1. The predicted octanol–water partition coefficient (Wildman–Crippen LogP) is -3.00. The second kappa shape index (κ2) is 5.32. The van der Waals surface area contributed by atoms with Gasteiger partial charge in [0.05, 0.1) is 18.6 Å². The average molecular weight is 285 g/mol. The van der Waals surface area contributed by atoms with E-state index in [4.69, 9.17) is 5.73 Å². The fourth-order valence-electron chi connectivity index (χ4n) is 1.70. The Hall–Kier alpha value is -1.38. The minimum Gasteiger partial charge on any atom is -0.688 e. The lowest BCUT2D eigenvalue weighted by atomic mass is 10.3. The van der Waals surface area contributed by atoms with Gasteiger partial charge in [-0.25, -0.2) is 15.0 Å². The Labute approximate surface area is 109 Å². The molecule has 0 spiro atoms. The van der Waals surface area contributed by atoms with Crippen LogP contribution in [0.5, 0.6) is 0 Å². The fraction of sp³-hybridized carbons (Fsp3) is 0.444. The first-order valence-electron chi connectivity index (χ1n) is 5.47. The predicted molar refractivity (Wildman–Crippen MR) is 62.1 cm³/mol. The summed E-state index contributed by atoms with van der Waals surface area (Å²) in [6.45, 7) is 0.272. The second-order valence-electron chi connectivity index (χ2n) is 4.11. The molecule has 0 aromatic carbocycles. The molecule has 0 unspecified atom stereocenters. The van der Waals surface area contributed by atoms with Gasteiger partial charge in [0.15, 0.2) is 11.5 Å². The highest BCUT2D eigenvalue weighted by Gasteiger charge is 2.12. The van der Waals surface area contributed by atoms with Crippen molar-refractivity contribution in [1.82, 2.24) is 19.5 Å². The molecular formula is C9H12N5O4P-2. The van der Waals surface area contributed by atoms with Crippen molar-refractivity contribution in [3.05, 3.63) is 12.7 Å². The van der Waals surface area contributed by atoms with E-state index in [9.17, 15) is 19.8 Å². The Morgan fingerprint density at radius 2 is 2.05 bits per heavy atom. The maximum absolute atomic E-state index is 10.5. The Morgan fingerprint density at radius 3 is 2.74 bits per heavy atom. The van der Waals surface area contributed by atoms with E-state index in [1.807, 2.05) is 0 Å². The number of hydrogen-bond donors (Lipinski definition) is 2. The van der Waals surface area contributed by atoms with Crippen molar-refractivity contribution in [1.29, 1.82) is 0 Å². The van der Waals surface area contributed by atoms with Gasteiger partial charge in [-0.15, -0.1) is 0 Å². The third kappa shape index (κ3) is 3.55. The van der Waals surface area contributed by atoms with Crippen LogP contribution in [0.15, 0.2) is 12.7 Å². The van der Waals surface area contributed by atoms with Crippen molar-refractivity contribution in [2.75, 3.05) is 11.9 Å². The van der Waals surface area contributed by atoms with Crippen molar-refractivity contribution in [3.8, 4) is 0 Å². The molecule has 2 rings (SSSR count). The highest BCUT2D eigenvalue weighted by atomic mass is 31.2. The third-order valence-corrected chi connectivity index (χ3v) is 3.44. The van der Waals surface area contributed by atoms with Crippen LogP contribution in [0.2, 0.25) is 0 Å². The molecule has 0 saturated carbocycles. The third-order valence-electron chi connectivity index (χ3n) is 2.57. The number of hydrogen-bond acceptors (Lipinski definition) is 8. The average Bonchev–Trinajstić information content (AvgIpc) is 2.69. The molecule has 0 saturated heterocycles. The quantitative estimate of drug-likeness (QED) is 0.550. The van der Waals surface area contributed by atoms with Crippen molar-refractivity contribution in [2.24, 2.45) is 0 Å². The number of nitrogens with zero attached hydrogens (tertiary/aromatic N) is 4. The van der Waals surface area contributed by atoms with Crippen molar-refractivity contribution < 1.29 is 19.8 Å². The number of aromatic nitrogens is 4. The van der Waals surface area contributed by atoms with Crippen LogP contribution in [0, 0.1) is 0 Å². The Kier molecular flexibility index (Phi) is 3.93. The smallest absolute Gasteiger partial charge is 0.165 e. The van der Waals surface area contributed by atoms with Crippen LogP contribution >= 0.6 is 7.94 Å². The van der Waals surface area contributed by atoms with E-state index in [1.54, 1.807) is 4.57 Å². The summed E-state index contributed by atoms with van der Waals surface area (Å²) in [5, 5.41) is 9.45. The molecule has 0 aliphatic rings. The molecular weight excluding hydrogens is 273 g/mol. The molecule has 2 aromatic heterocycles. The zero-order chi connectivity index (χ0) is 14.0. The topological polar surface area (TPSA) is 159 Å². The lowest BCUT2D eigenvalue weighted by Crippen LogP contribution is -2.39. The zero-order valence-corrected chi connectivity index (χ0v) is 10.7. The lowest BCUT2D eigenvalue weighted by Gasteiger charge is -2.43. The first-order valence-corrected chi connectivity index (χ1v) is 7.20. The van der Waals surface area contributed by atoms with E-state index in [0.29, 0.717) is 11.2 Å². The van der Waals surface area contributed by atoms with Gasteiger partial charge in [-0.1, -0.05) is 0 Å². The summed E-state index contributed by atoms with van der Waals surface area (Å²) in [7, 11) is -4.70. The molecule has 0 aliphatic heterocycles. The number of aliphatic hydroxyl groups is 1. The SMILES string of the molecule is Nc1ncnc2c1ncn2CC[C@H](O)C[P+]([O-])([O-])[O-]. The summed E-state index contributed by atoms with van der Waals surface area (Å²) in [6, 6.07) is 0. The van der Waals surface area contributed by atoms with Gasteiger partial charge >= 0.3 is 0 Å². The van der Waals surface area contributed by atoms with E-state index >= 15 is 0 Å². The monoisotopic (exact) mass is 285 g/mol. The fourth-order valence-corrected chi connectivity index (χ4v) is 2.40. The molecule has 0 aliphatic carbocycles. The number of nitrogens with two attached hydrogens (primary N) is 1. The molecule has 1 atom stereocenters. The van der Waals surface area contributed by atoms with Gasteiger partial charge in [0.25, 0.3) is 0 Å². The standard InChI is InChI=1S/C9H14N5O4P/c10-8-7-9(12-4-11-8)14(5-13-7)2-1-6(15)3-19(16,17)18/h4-6,15H,1-3H2,(H2,10,11,12)(H2,16,17,18)/p-2/t6-/m0/s1. The molecule has 2 aromatic rings. The van der Waals surface area contributed by atoms with E-state index in [2.05, 4.69) is 15.0 Å². The maximum atomic E-state index is 10.5.